The minimum Gasteiger partial charge on any atom is -0.493 e. The minimum absolute atomic E-state index is 0.00889. The summed E-state index contributed by atoms with van der Waals surface area (Å²) in [5, 5.41) is 0. The molecule has 0 saturated carbocycles. The third-order valence-corrected chi connectivity index (χ3v) is 2.58. The molecule has 0 saturated heterocycles. The molecular formula is C11H15NO2. The Hall–Kier alpha value is -1.22. The number of benzene rings is 1. The van der Waals surface area contributed by atoms with E-state index in [1.54, 1.807) is 7.11 Å². The molecule has 1 unspecified atom stereocenters. The molecule has 0 spiro atoms. The van der Waals surface area contributed by atoms with Crippen LogP contribution in [0.25, 0.3) is 0 Å². The van der Waals surface area contributed by atoms with Crippen molar-refractivity contribution in [2.75, 3.05) is 13.7 Å². The van der Waals surface area contributed by atoms with Crippen molar-refractivity contribution in [3.8, 4) is 11.5 Å². The Morgan fingerprint density at radius 2 is 2.36 bits per heavy atom. The van der Waals surface area contributed by atoms with Gasteiger partial charge in [0.1, 0.15) is 6.61 Å². The van der Waals surface area contributed by atoms with Gasteiger partial charge >= 0.3 is 0 Å². The minimum atomic E-state index is -0.00889. The summed E-state index contributed by atoms with van der Waals surface area (Å²) in [6, 6.07) is 4.11. The molecule has 0 amide bonds. The third kappa shape index (κ3) is 1.34. The van der Waals surface area contributed by atoms with Gasteiger partial charge in [-0.05, 0) is 18.1 Å². The maximum absolute atomic E-state index is 5.91. The van der Waals surface area contributed by atoms with E-state index in [1.165, 1.54) is 5.56 Å². The highest BCUT2D eigenvalue weighted by Crippen LogP contribution is 2.40. The predicted molar refractivity (Wildman–Crippen MR) is 54.8 cm³/mol. The van der Waals surface area contributed by atoms with Gasteiger partial charge in [0.25, 0.3) is 0 Å². The monoisotopic (exact) mass is 193 g/mol. The molecule has 0 bridgehead atoms. The Kier molecular flexibility index (Phi) is 2.33. The van der Waals surface area contributed by atoms with Gasteiger partial charge in [0, 0.05) is 5.56 Å². The summed E-state index contributed by atoms with van der Waals surface area (Å²) in [6.07, 6.45) is 0.982. The first-order valence-corrected chi connectivity index (χ1v) is 4.85. The Morgan fingerprint density at radius 1 is 1.57 bits per heavy atom. The molecular weight excluding hydrogens is 178 g/mol. The van der Waals surface area contributed by atoms with Crippen LogP contribution >= 0.6 is 0 Å². The number of fused-ring (bicyclic) bond motifs is 1. The largest absolute Gasteiger partial charge is 0.493 e. The summed E-state index contributed by atoms with van der Waals surface area (Å²) < 4.78 is 10.7. The number of methoxy groups -OCH3 is 1. The normalized spacial score (nSPS) is 18.9. The van der Waals surface area contributed by atoms with E-state index in [2.05, 4.69) is 13.0 Å². The Bertz CT molecular complexity index is 349. The second-order valence-corrected chi connectivity index (χ2v) is 3.49. The molecule has 1 aliphatic heterocycles. The second-order valence-electron chi connectivity index (χ2n) is 3.49. The van der Waals surface area contributed by atoms with Crippen LogP contribution in [0.15, 0.2) is 12.1 Å². The molecule has 0 radical (unpaired) electrons. The van der Waals surface area contributed by atoms with E-state index in [0.717, 1.165) is 23.5 Å². The molecule has 1 aliphatic rings. The van der Waals surface area contributed by atoms with E-state index < -0.39 is 0 Å². The first kappa shape index (κ1) is 9.34. The fraction of sp³-hybridized carbons (Fsp3) is 0.455. The third-order valence-electron chi connectivity index (χ3n) is 2.58. The summed E-state index contributed by atoms with van der Waals surface area (Å²) >= 11 is 0. The van der Waals surface area contributed by atoms with Crippen LogP contribution in [0, 0.1) is 0 Å². The van der Waals surface area contributed by atoms with E-state index in [1.807, 2.05) is 6.07 Å². The molecule has 2 N–H and O–H groups in total. The number of ether oxygens (including phenoxy) is 2. The predicted octanol–water partition coefficient (Wildman–Crippen LogP) is 1.65. The lowest BCUT2D eigenvalue weighted by atomic mass is 10.0. The maximum atomic E-state index is 5.91. The number of hydrogen-bond acceptors (Lipinski definition) is 3. The van der Waals surface area contributed by atoms with Crippen molar-refractivity contribution in [1.29, 1.82) is 0 Å². The van der Waals surface area contributed by atoms with Crippen LogP contribution < -0.4 is 15.2 Å². The smallest absolute Gasteiger partial charge is 0.166 e. The van der Waals surface area contributed by atoms with Crippen LogP contribution in [0.2, 0.25) is 0 Å². The van der Waals surface area contributed by atoms with Crippen LogP contribution in [0.3, 0.4) is 0 Å². The van der Waals surface area contributed by atoms with Crippen LogP contribution in [-0.2, 0) is 6.42 Å². The van der Waals surface area contributed by atoms with Crippen molar-refractivity contribution in [2.45, 2.75) is 19.4 Å². The van der Waals surface area contributed by atoms with Crippen LogP contribution in [0.1, 0.15) is 24.1 Å². The Morgan fingerprint density at radius 3 is 3.00 bits per heavy atom. The van der Waals surface area contributed by atoms with Gasteiger partial charge in [0.2, 0.25) is 0 Å². The zero-order chi connectivity index (χ0) is 10.1. The Balaban J connectivity index is 2.52. The van der Waals surface area contributed by atoms with Gasteiger partial charge in [-0.3, -0.25) is 0 Å². The molecule has 1 aromatic rings. The molecule has 14 heavy (non-hydrogen) atoms. The molecule has 1 heterocycles. The van der Waals surface area contributed by atoms with E-state index in [-0.39, 0.29) is 6.04 Å². The topological polar surface area (TPSA) is 44.5 Å². The van der Waals surface area contributed by atoms with Gasteiger partial charge in [0.15, 0.2) is 11.5 Å². The zero-order valence-electron chi connectivity index (χ0n) is 8.54. The van der Waals surface area contributed by atoms with Gasteiger partial charge in [-0.1, -0.05) is 13.0 Å². The lowest BCUT2D eigenvalue weighted by Gasteiger charge is -2.09. The molecule has 3 heteroatoms. The number of rotatable bonds is 2. The van der Waals surface area contributed by atoms with Crippen molar-refractivity contribution in [3.63, 3.8) is 0 Å². The highest BCUT2D eigenvalue weighted by molar-refractivity contribution is 5.52. The van der Waals surface area contributed by atoms with Crippen LogP contribution in [0.4, 0.5) is 0 Å². The van der Waals surface area contributed by atoms with Gasteiger partial charge < -0.3 is 15.2 Å². The van der Waals surface area contributed by atoms with Gasteiger partial charge in [-0.25, -0.2) is 0 Å². The van der Waals surface area contributed by atoms with Gasteiger partial charge in [-0.15, -0.1) is 0 Å². The fourth-order valence-corrected chi connectivity index (χ4v) is 1.73. The number of aryl methyl sites for hydroxylation is 1. The summed E-state index contributed by atoms with van der Waals surface area (Å²) in [6.45, 7) is 2.67. The van der Waals surface area contributed by atoms with Crippen molar-refractivity contribution in [2.24, 2.45) is 5.73 Å². The maximum Gasteiger partial charge on any atom is 0.166 e. The fourth-order valence-electron chi connectivity index (χ4n) is 1.73. The van der Waals surface area contributed by atoms with Crippen molar-refractivity contribution in [1.82, 2.24) is 0 Å². The molecule has 1 atom stereocenters. The van der Waals surface area contributed by atoms with Crippen LogP contribution in [0.5, 0.6) is 11.5 Å². The average molecular weight is 193 g/mol. The lowest BCUT2D eigenvalue weighted by molar-refractivity contribution is 0.311. The van der Waals surface area contributed by atoms with Gasteiger partial charge in [0.05, 0.1) is 13.2 Å². The summed E-state index contributed by atoms with van der Waals surface area (Å²) in [7, 11) is 1.66. The quantitative estimate of drug-likeness (QED) is 0.776. The number of nitrogens with two attached hydrogens (primary N) is 1. The Labute approximate surface area is 83.8 Å². The molecule has 2 rings (SSSR count). The molecule has 76 valence electrons. The molecule has 0 aromatic heterocycles. The van der Waals surface area contributed by atoms with E-state index in [4.69, 9.17) is 15.2 Å². The first-order valence-electron chi connectivity index (χ1n) is 4.85. The van der Waals surface area contributed by atoms with Crippen LogP contribution in [-0.4, -0.2) is 13.7 Å². The standard InChI is InChI=1S/C11H15NO2/c1-3-7-4-8-9(12)6-14-11(8)10(5-7)13-2/h4-5,9H,3,6,12H2,1-2H3. The van der Waals surface area contributed by atoms with Crippen molar-refractivity contribution < 1.29 is 9.47 Å². The molecule has 0 fully saturated rings. The number of hydrogen-bond donors (Lipinski definition) is 1. The SMILES string of the molecule is CCc1cc(OC)c2c(c1)C(N)CO2. The summed E-state index contributed by atoms with van der Waals surface area (Å²) in [5.74, 6) is 1.62. The van der Waals surface area contributed by atoms with E-state index in [0.29, 0.717) is 6.61 Å². The van der Waals surface area contributed by atoms with E-state index >= 15 is 0 Å². The second kappa shape index (κ2) is 3.50. The van der Waals surface area contributed by atoms with Crippen molar-refractivity contribution in [3.05, 3.63) is 23.3 Å². The highest BCUT2D eigenvalue weighted by atomic mass is 16.5. The summed E-state index contributed by atoms with van der Waals surface area (Å²) in [4.78, 5) is 0. The summed E-state index contributed by atoms with van der Waals surface area (Å²) in [5.41, 5.74) is 8.22. The van der Waals surface area contributed by atoms with E-state index in [9.17, 15) is 0 Å². The lowest BCUT2D eigenvalue weighted by Crippen LogP contribution is -2.10. The average Bonchev–Trinajstić information content (AvgIpc) is 2.59. The zero-order valence-corrected chi connectivity index (χ0v) is 8.54. The highest BCUT2D eigenvalue weighted by Gasteiger charge is 2.24. The molecule has 1 aromatic carbocycles. The molecule has 0 aliphatic carbocycles. The van der Waals surface area contributed by atoms with Crippen molar-refractivity contribution >= 4 is 0 Å². The first-order chi connectivity index (χ1) is 6.76. The molecule has 3 nitrogen and oxygen atoms in total. The van der Waals surface area contributed by atoms with Gasteiger partial charge in [-0.2, -0.15) is 0 Å².